The van der Waals surface area contributed by atoms with Gasteiger partial charge in [-0.05, 0) is 43.0 Å². The average Bonchev–Trinajstić information content (AvgIpc) is 2.78. The SMILES string of the molecule is O=C(/C=C/c1coc2cccc(OCC3CCCCC3)c2c1=O)c1ccccc1. The van der Waals surface area contributed by atoms with Crippen LogP contribution in [0, 0.1) is 5.92 Å². The molecule has 0 radical (unpaired) electrons. The number of carbonyl (C=O) groups excluding carboxylic acids is 1. The Labute approximate surface area is 169 Å². The van der Waals surface area contributed by atoms with Crippen molar-refractivity contribution in [1.82, 2.24) is 0 Å². The highest BCUT2D eigenvalue weighted by atomic mass is 16.5. The van der Waals surface area contributed by atoms with Gasteiger partial charge in [0, 0.05) is 5.56 Å². The van der Waals surface area contributed by atoms with Crippen LogP contribution in [0.2, 0.25) is 0 Å². The molecule has 3 aromatic rings. The molecule has 1 heterocycles. The van der Waals surface area contributed by atoms with E-state index in [1.807, 2.05) is 18.2 Å². The van der Waals surface area contributed by atoms with Crippen molar-refractivity contribution in [3.63, 3.8) is 0 Å². The predicted octanol–water partition coefficient (Wildman–Crippen LogP) is 5.65. The van der Waals surface area contributed by atoms with Gasteiger partial charge in [0.05, 0.1) is 12.2 Å². The number of ether oxygens (including phenoxy) is 1. The number of ketones is 1. The molecule has 1 aliphatic carbocycles. The minimum absolute atomic E-state index is 0.160. The smallest absolute Gasteiger partial charge is 0.203 e. The summed E-state index contributed by atoms with van der Waals surface area (Å²) in [6, 6.07) is 14.4. The molecular formula is C25H24O4. The molecule has 1 fully saturated rings. The van der Waals surface area contributed by atoms with Gasteiger partial charge in [0.15, 0.2) is 5.78 Å². The number of allylic oxidation sites excluding steroid dienone is 1. The minimum Gasteiger partial charge on any atom is -0.492 e. The van der Waals surface area contributed by atoms with Gasteiger partial charge < -0.3 is 9.15 Å². The number of rotatable bonds is 6. The molecule has 4 nitrogen and oxygen atoms in total. The first-order valence-corrected chi connectivity index (χ1v) is 10.2. The summed E-state index contributed by atoms with van der Waals surface area (Å²) in [7, 11) is 0. The summed E-state index contributed by atoms with van der Waals surface area (Å²) < 4.78 is 11.7. The van der Waals surface area contributed by atoms with E-state index in [1.54, 1.807) is 30.3 Å². The molecule has 1 aromatic heterocycles. The van der Waals surface area contributed by atoms with Crippen LogP contribution in [0.5, 0.6) is 5.75 Å². The molecule has 2 aromatic carbocycles. The van der Waals surface area contributed by atoms with Gasteiger partial charge in [-0.15, -0.1) is 0 Å². The number of hydrogen-bond donors (Lipinski definition) is 0. The monoisotopic (exact) mass is 388 g/mol. The van der Waals surface area contributed by atoms with E-state index in [1.165, 1.54) is 50.5 Å². The van der Waals surface area contributed by atoms with Crippen LogP contribution in [0.3, 0.4) is 0 Å². The van der Waals surface area contributed by atoms with Crippen LogP contribution in [-0.4, -0.2) is 12.4 Å². The van der Waals surface area contributed by atoms with Gasteiger partial charge in [0.25, 0.3) is 0 Å². The lowest BCUT2D eigenvalue weighted by Crippen LogP contribution is -2.16. The van der Waals surface area contributed by atoms with Gasteiger partial charge in [-0.25, -0.2) is 0 Å². The van der Waals surface area contributed by atoms with Gasteiger partial charge in [-0.1, -0.05) is 55.7 Å². The molecule has 0 bridgehead atoms. The van der Waals surface area contributed by atoms with Gasteiger partial charge in [-0.2, -0.15) is 0 Å². The molecule has 1 aliphatic rings. The van der Waals surface area contributed by atoms with E-state index in [0.29, 0.717) is 40.4 Å². The minimum atomic E-state index is -0.192. The Kier molecular flexibility index (Phi) is 5.89. The summed E-state index contributed by atoms with van der Waals surface area (Å²) >= 11 is 0. The van der Waals surface area contributed by atoms with Gasteiger partial charge in [0.1, 0.15) is 23.0 Å². The van der Waals surface area contributed by atoms with E-state index in [9.17, 15) is 9.59 Å². The number of benzene rings is 2. The highest BCUT2D eigenvalue weighted by Crippen LogP contribution is 2.27. The maximum atomic E-state index is 13.0. The van der Waals surface area contributed by atoms with Crippen LogP contribution in [0.4, 0.5) is 0 Å². The Morgan fingerprint density at radius 1 is 1.03 bits per heavy atom. The van der Waals surface area contributed by atoms with E-state index in [2.05, 4.69) is 0 Å². The molecule has 0 saturated heterocycles. The first kappa shape index (κ1) is 19.2. The Hall–Kier alpha value is -3.14. The number of carbonyl (C=O) groups is 1. The van der Waals surface area contributed by atoms with Crippen molar-refractivity contribution in [2.75, 3.05) is 6.61 Å². The normalized spacial score (nSPS) is 15.0. The van der Waals surface area contributed by atoms with Crippen molar-refractivity contribution in [3.05, 3.63) is 82.2 Å². The van der Waals surface area contributed by atoms with Crippen molar-refractivity contribution in [3.8, 4) is 5.75 Å². The summed E-state index contributed by atoms with van der Waals surface area (Å²) in [6.45, 7) is 0.616. The third-order valence-electron chi connectivity index (χ3n) is 5.46. The first-order valence-electron chi connectivity index (χ1n) is 10.2. The molecule has 0 N–H and O–H groups in total. The molecule has 0 atom stereocenters. The van der Waals surface area contributed by atoms with Crippen LogP contribution >= 0.6 is 0 Å². The third-order valence-corrected chi connectivity index (χ3v) is 5.46. The molecule has 0 unspecified atom stereocenters. The Morgan fingerprint density at radius 2 is 1.83 bits per heavy atom. The highest BCUT2D eigenvalue weighted by molar-refractivity contribution is 6.06. The zero-order valence-corrected chi connectivity index (χ0v) is 16.3. The summed E-state index contributed by atoms with van der Waals surface area (Å²) in [5, 5.41) is 0.428. The molecule has 29 heavy (non-hydrogen) atoms. The van der Waals surface area contributed by atoms with E-state index in [0.717, 1.165) is 0 Å². The van der Waals surface area contributed by atoms with Gasteiger partial charge in [-0.3, -0.25) is 9.59 Å². The molecule has 4 heteroatoms. The molecule has 0 amide bonds. The number of fused-ring (bicyclic) bond motifs is 1. The standard InChI is InChI=1S/C25H24O4/c26-21(19-10-5-2-6-11-19)15-14-20-17-29-23-13-7-12-22(24(23)25(20)27)28-16-18-8-3-1-4-9-18/h2,5-7,10-15,17-18H,1,3-4,8-9,16H2/b15-14+. The highest BCUT2D eigenvalue weighted by Gasteiger charge is 2.16. The van der Waals surface area contributed by atoms with Crippen molar-refractivity contribution in [2.45, 2.75) is 32.1 Å². The van der Waals surface area contributed by atoms with E-state index in [-0.39, 0.29) is 11.2 Å². The fourth-order valence-corrected chi connectivity index (χ4v) is 3.82. The van der Waals surface area contributed by atoms with Crippen LogP contribution in [-0.2, 0) is 0 Å². The molecule has 0 aliphatic heterocycles. The summed E-state index contributed by atoms with van der Waals surface area (Å²) in [6.07, 6.45) is 10.4. The second kappa shape index (κ2) is 8.91. The number of hydrogen-bond acceptors (Lipinski definition) is 4. The largest absolute Gasteiger partial charge is 0.492 e. The quantitative estimate of drug-likeness (QED) is 0.404. The Bertz CT molecular complexity index is 1070. The average molecular weight is 388 g/mol. The van der Waals surface area contributed by atoms with E-state index >= 15 is 0 Å². The molecule has 148 valence electrons. The van der Waals surface area contributed by atoms with E-state index in [4.69, 9.17) is 9.15 Å². The summed E-state index contributed by atoms with van der Waals surface area (Å²) in [5.74, 6) is 0.927. The van der Waals surface area contributed by atoms with Crippen molar-refractivity contribution in [2.24, 2.45) is 5.92 Å². The lowest BCUT2D eigenvalue weighted by molar-refractivity contribution is 0.104. The molecular weight excluding hydrogens is 364 g/mol. The zero-order valence-electron chi connectivity index (χ0n) is 16.3. The fourth-order valence-electron chi connectivity index (χ4n) is 3.82. The fraction of sp³-hybridized carbons (Fsp3) is 0.280. The lowest BCUT2D eigenvalue weighted by Gasteiger charge is -2.21. The third kappa shape index (κ3) is 4.48. The summed E-state index contributed by atoms with van der Waals surface area (Å²) in [5.41, 5.74) is 1.20. The van der Waals surface area contributed by atoms with Gasteiger partial charge >= 0.3 is 0 Å². The van der Waals surface area contributed by atoms with Crippen molar-refractivity contribution < 1.29 is 13.9 Å². The zero-order chi connectivity index (χ0) is 20.1. The second-order valence-corrected chi connectivity index (χ2v) is 7.53. The maximum absolute atomic E-state index is 13.0. The lowest BCUT2D eigenvalue weighted by atomic mass is 9.90. The Morgan fingerprint density at radius 3 is 2.62 bits per heavy atom. The molecule has 1 saturated carbocycles. The van der Waals surface area contributed by atoms with Crippen molar-refractivity contribution >= 4 is 22.8 Å². The molecule has 0 spiro atoms. The Balaban J connectivity index is 1.59. The maximum Gasteiger partial charge on any atom is 0.203 e. The van der Waals surface area contributed by atoms with Crippen LogP contribution in [0.15, 0.2) is 70.1 Å². The first-order chi connectivity index (χ1) is 14.2. The predicted molar refractivity (Wildman–Crippen MR) is 114 cm³/mol. The van der Waals surface area contributed by atoms with Crippen LogP contribution < -0.4 is 10.2 Å². The van der Waals surface area contributed by atoms with E-state index < -0.39 is 0 Å². The van der Waals surface area contributed by atoms with Crippen LogP contribution in [0.1, 0.15) is 48.0 Å². The summed E-state index contributed by atoms with van der Waals surface area (Å²) in [4.78, 5) is 25.3. The van der Waals surface area contributed by atoms with Gasteiger partial charge in [0.2, 0.25) is 5.43 Å². The van der Waals surface area contributed by atoms with Crippen molar-refractivity contribution in [1.29, 1.82) is 0 Å². The second-order valence-electron chi connectivity index (χ2n) is 7.53. The topological polar surface area (TPSA) is 56.5 Å². The molecule has 4 rings (SSSR count). The van der Waals surface area contributed by atoms with Crippen LogP contribution in [0.25, 0.3) is 17.0 Å².